The van der Waals surface area contributed by atoms with Crippen LogP contribution in [0.15, 0.2) is 4.99 Å². The van der Waals surface area contributed by atoms with Gasteiger partial charge in [0.15, 0.2) is 19.4 Å². The molecule has 0 aromatic heterocycles. The van der Waals surface area contributed by atoms with Gasteiger partial charge < -0.3 is 27.8 Å². The third-order valence-corrected chi connectivity index (χ3v) is 8.92. The van der Waals surface area contributed by atoms with Gasteiger partial charge in [0.25, 0.3) is 0 Å². The number of hydrogen-bond acceptors (Lipinski definition) is 6. The van der Waals surface area contributed by atoms with Crippen molar-refractivity contribution in [2.45, 2.75) is 162 Å². The van der Waals surface area contributed by atoms with Crippen molar-refractivity contribution in [1.82, 2.24) is 4.90 Å². The predicted octanol–water partition coefficient (Wildman–Crippen LogP) is 1.74. The first kappa shape index (κ1) is 52.8. The van der Waals surface area contributed by atoms with Crippen LogP contribution < -0.4 is 59.1 Å². The maximum atomic E-state index is 11.5. The molecule has 0 spiro atoms. The van der Waals surface area contributed by atoms with Crippen LogP contribution in [0.3, 0.4) is 0 Å². The fourth-order valence-corrected chi connectivity index (χ4v) is 6.03. The van der Waals surface area contributed by atoms with E-state index in [1.165, 1.54) is 101 Å². The van der Waals surface area contributed by atoms with E-state index in [2.05, 4.69) is 18.8 Å². The van der Waals surface area contributed by atoms with Crippen molar-refractivity contribution < 1.29 is 106 Å². The van der Waals surface area contributed by atoms with Gasteiger partial charge in [-0.1, -0.05) is 123 Å². The summed E-state index contributed by atoms with van der Waals surface area (Å²) in [5, 5.41) is 26.8. The Morgan fingerprint density at radius 2 is 1.18 bits per heavy atom. The van der Waals surface area contributed by atoms with Crippen LogP contribution in [0, 0.1) is 0 Å². The van der Waals surface area contributed by atoms with Gasteiger partial charge in [0.05, 0.1) is 6.54 Å². The van der Waals surface area contributed by atoms with Gasteiger partial charge >= 0.3 is 77.0 Å². The van der Waals surface area contributed by atoms with Crippen molar-refractivity contribution in [2.24, 2.45) is 4.99 Å². The smallest absolute Gasteiger partial charge is 1.00 e. The Kier molecular flexibility index (Phi) is 37.2. The van der Waals surface area contributed by atoms with Crippen LogP contribution in [0.4, 0.5) is 0 Å². The number of quaternary nitrogens is 1. The van der Waals surface area contributed by atoms with Gasteiger partial charge in [-0.25, -0.2) is 19.1 Å². The Bertz CT molecular complexity index is 922. The van der Waals surface area contributed by atoms with Crippen LogP contribution in [0.1, 0.15) is 158 Å². The molecule has 2 unspecified atom stereocenters. The standard InChI is InChI=1S/C21H38N2O5.C15H29NO3.2Na.2H/c1-3-4-5-6-7-8-9-10-11-12-13-19-22-14-15-23(19,16-20(24)25)18(2)28-17-21(26)27;1-3-4-5-6-7-8-9-10-11-12-14(17)16(2)13-15(18)19;;;;/h18H,3-17H2,1-2H3,(H-,24,25,26,27);3-13H2,1-2H3,(H,18,19);;;;/q;;2*+1;2*-1/p+1. The monoisotopic (exact) mass is 718 g/mol. The van der Waals surface area contributed by atoms with E-state index in [1.807, 2.05) is 0 Å². The normalized spacial score (nSPS) is 15.6. The second-order valence-electron chi connectivity index (χ2n) is 13.1. The van der Waals surface area contributed by atoms with Gasteiger partial charge in [-0.15, -0.1) is 0 Å². The Morgan fingerprint density at radius 3 is 1.61 bits per heavy atom. The van der Waals surface area contributed by atoms with Gasteiger partial charge in [0.1, 0.15) is 13.1 Å². The first-order valence-electron chi connectivity index (χ1n) is 18.4. The fourth-order valence-electron chi connectivity index (χ4n) is 6.03. The quantitative estimate of drug-likeness (QED) is 0.0601. The number of amides is 1. The Labute approximate surface area is 344 Å². The molecule has 2 atom stereocenters. The van der Waals surface area contributed by atoms with Gasteiger partial charge in [-0.3, -0.25) is 9.59 Å². The largest absolute Gasteiger partial charge is 1.00 e. The number of carbonyl (C=O) groups excluding carboxylic acids is 1. The van der Waals surface area contributed by atoms with E-state index in [-0.39, 0.29) is 85.4 Å². The number of aliphatic imine (C=N–C) groups is 1. The van der Waals surface area contributed by atoms with Gasteiger partial charge in [0, 0.05) is 26.8 Å². The SMILES string of the molecule is CCCCCCCCCCCC(=O)N(C)CC(=O)O.CCCCCCCCCCCCC1=NCC[N+]1(CC(=O)O)C(C)OCC(=O)O.[H-].[H-].[Na+].[Na+]. The van der Waals surface area contributed by atoms with Crippen LogP contribution in [0.5, 0.6) is 0 Å². The minimum absolute atomic E-state index is 0. The van der Waals surface area contributed by atoms with E-state index >= 15 is 0 Å². The summed E-state index contributed by atoms with van der Waals surface area (Å²) < 4.78 is 5.58. The van der Waals surface area contributed by atoms with Crippen molar-refractivity contribution >= 4 is 29.7 Å². The first-order chi connectivity index (χ1) is 22.5. The topological polar surface area (TPSA) is 154 Å². The molecular weight excluding hydrogens is 648 g/mol. The van der Waals surface area contributed by atoms with Gasteiger partial charge in [0.2, 0.25) is 11.7 Å². The zero-order valence-corrected chi connectivity index (χ0v) is 36.2. The van der Waals surface area contributed by atoms with E-state index in [4.69, 9.17) is 14.9 Å². The van der Waals surface area contributed by atoms with Crippen LogP contribution in [0.2, 0.25) is 0 Å². The number of likely N-dealkylation sites (N-methyl/N-ethyl adjacent to an activating group) is 1. The molecule has 278 valence electrons. The maximum absolute atomic E-state index is 11.5. The van der Waals surface area contributed by atoms with Crippen LogP contribution >= 0.6 is 0 Å². The molecule has 1 aliphatic heterocycles. The number of aliphatic carboxylic acids is 3. The third kappa shape index (κ3) is 27.8. The molecule has 0 aromatic rings. The molecule has 1 amide bonds. The summed E-state index contributed by atoms with van der Waals surface area (Å²) in [6.07, 6.45) is 24.2. The molecule has 13 heteroatoms. The summed E-state index contributed by atoms with van der Waals surface area (Å²) in [5.41, 5.74) is 0. The number of carbonyl (C=O) groups is 4. The van der Waals surface area contributed by atoms with Crippen molar-refractivity contribution in [3.8, 4) is 0 Å². The molecule has 49 heavy (non-hydrogen) atoms. The van der Waals surface area contributed by atoms with Gasteiger partial charge in [-0.2, -0.15) is 0 Å². The number of ether oxygens (including phenoxy) is 1. The number of carboxylic acids is 3. The molecular formula is C36H70N3Na2O8+. The van der Waals surface area contributed by atoms with Crippen LogP contribution in [0.25, 0.3) is 0 Å². The zero-order chi connectivity index (χ0) is 35.3. The summed E-state index contributed by atoms with van der Waals surface area (Å²) in [4.78, 5) is 50.1. The molecule has 0 aromatic carbocycles. The molecule has 0 radical (unpaired) electrons. The number of amidine groups is 1. The molecule has 0 saturated heterocycles. The summed E-state index contributed by atoms with van der Waals surface area (Å²) in [5.74, 6) is -2.13. The number of rotatable bonds is 29. The average molecular weight is 719 g/mol. The molecule has 0 saturated carbocycles. The molecule has 0 fully saturated rings. The Morgan fingerprint density at radius 1 is 0.735 bits per heavy atom. The number of nitrogens with zero attached hydrogens (tertiary/aromatic N) is 3. The number of hydrogen-bond donors (Lipinski definition) is 3. The molecule has 1 rings (SSSR count). The Balaban J connectivity index is -0.000000273. The van der Waals surface area contributed by atoms with Crippen molar-refractivity contribution in [2.75, 3.05) is 39.8 Å². The second kappa shape index (κ2) is 34.6. The van der Waals surface area contributed by atoms with Gasteiger partial charge in [-0.05, 0) is 12.8 Å². The van der Waals surface area contributed by atoms with E-state index in [0.717, 1.165) is 37.9 Å². The van der Waals surface area contributed by atoms with Crippen molar-refractivity contribution in [3.63, 3.8) is 0 Å². The minimum atomic E-state index is -1.05. The van der Waals surface area contributed by atoms with Crippen LogP contribution in [-0.2, 0) is 23.9 Å². The summed E-state index contributed by atoms with van der Waals surface area (Å²) in [7, 11) is 1.55. The average Bonchev–Trinajstić information content (AvgIpc) is 3.42. The van der Waals surface area contributed by atoms with E-state index in [1.54, 1.807) is 14.0 Å². The molecule has 1 aliphatic rings. The van der Waals surface area contributed by atoms with E-state index < -0.39 is 30.7 Å². The predicted molar refractivity (Wildman–Crippen MR) is 189 cm³/mol. The van der Waals surface area contributed by atoms with E-state index in [9.17, 15) is 24.3 Å². The minimum Gasteiger partial charge on any atom is -1.00 e. The maximum Gasteiger partial charge on any atom is 1.00 e. The van der Waals surface area contributed by atoms with Crippen LogP contribution in [-0.4, -0.2) is 100 Å². The molecule has 11 nitrogen and oxygen atoms in total. The molecule has 0 aliphatic carbocycles. The van der Waals surface area contributed by atoms with Crippen molar-refractivity contribution in [1.29, 1.82) is 0 Å². The summed E-state index contributed by atoms with van der Waals surface area (Å²) in [6.45, 7) is 6.60. The molecule has 1 heterocycles. The zero-order valence-electron chi connectivity index (χ0n) is 34.2. The number of unbranched alkanes of at least 4 members (excludes halogenated alkanes) is 17. The summed E-state index contributed by atoms with van der Waals surface area (Å²) >= 11 is 0. The molecule has 3 N–H and O–H groups in total. The van der Waals surface area contributed by atoms with E-state index in [0.29, 0.717) is 19.5 Å². The number of carboxylic acid groups (broad SMARTS) is 3. The first-order valence-corrected chi connectivity index (χ1v) is 18.4. The Hall–Kier alpha value is -0.530. The fraction of sp³-hybridized carbons (Fsp3) is 0.861. The molecule has 0 bridgehead atoms. The second-order valence-corrected chi connectivity index (χ2v) is 13.1. The van der Waals surface area contributed by atoms with Crippen molar-refractivity contribution in [3.05, 3.63) is 0 Å². The third-order valence-electron chi connectivity index (χ3n) is 8.92. The summed E-state index contributed by atoms with van der Waals surface area (Å²) in [6, 6.07) is 0.